The van der Waals surface area contributed by atoms with E-state index in [-0.39, 0.29) is 0 Å². The van der Waals surface area contributed by atoms with Gasteiger partial charge in [0.25, 0.3) is 0 Å². The normalized spacial score (nSPS) is 27.2. The molecule has 4 heteroatoms. The van der Waals surface area contributed by atoms with Gasteiger partial charge in [0.2, 0.25) is 0 Å². The van der Waals surface area contributed by atoms with Gasteiger partial charge in [0.1, 0.15) is 0 Å². The third-order valence-corrected chi connectivity index (χ3v) is 4.38. The zero-order chi connectivity index (χ0) is 11.0. The minimum atomic E-state index is 0.381. The summed E-state index contributed by atoms with van der Waals surface area (Å²) < 4.78 is 0. The van der Waals surface area contributed by atoms with Crippen LogP contribution in [0.1, 0.15) is 42.2 Å². The van der Waals surface area contributed by atoms with Crippen LogP contribution in [0.3, 0.4) is 0 Å². The fourth-order valence-electron chi connectivity index (χ4n) is 2.53. The molecule has 1 saturated heterocycles. The number of nitrogens with zero attached hydrogens (tertiary/aromatic N) is 2. The summed E-state index contributed by atoms with van der Waals surface area (Å²) in [7, 11) is 0. The summed E-state index contributed by atoms with van der Waals surface area (Å²) in [6, 6.07) is 0.381. The molecule has 16 heavy (non-hydrogen) atoms. The van der Waals surface area contributed by atoms with Crippen molar-refractivity contribution in [2.45, 2.75) is 44.2 Å². The Morgan fingerprint density at radius 3 is 3.06 bits per heavy atom. The number of hydrogen-bond acceptors (Lipinski definition) is 4. The van der Waals surface area contributed by atoms with Crippen molar-refractivity contribution in [2.75, 3.05) is 13.1 Å². The molecular formula is C12H19N3S. The van der Waals surface area contributed by atoms with Gasteiger partial charge in [-0.3, -0.25) is 4.90 Å². The van der Waals surface area contributed by atoms with E-state index in [1.807, 2.05) is 16.8 Å². The first kappa shape index (κ1) is 10.7. The molecule has 1 aromatic rings. The highest BCUT2D eigenvalue weighted by Gasteiger charge is 2.29. The van der Waals surface area contributed by atoms with E-state index in [2.05, 4.69) is 9.88 Å². The van der Waals surface area contributed by atoms with Crippen LogP contribution in [0.5, 0.6) is 0 Å². The van der Waals surface area contributed by atoms with Crippen molar-refractivity contribution < 1.29 is 0 Å². The molecule has 0 aromatic carbocycles. The Morgan fingerprint density at radius 1 is 1.44 bits per heavy atom. The monoisotopic (exact) mass is 237 g/mol. The van der Waals surface area contributed by atoms with Gasteiger partial charge in [0, 0.05) is 29.9 Å². The highest BCUT2D eigenvalue weighted by Crippen LogP contribution is 2.42. The highest BCUT2D eigenvalue weighted by molar-refractivity contribution is 7.09. The van der Waals surface area contributed by atoms with E-state index in [4.69, 9.17) is 5.73 Å². The molecule has 2 fully saturated rings. The number of nitrogens with two attached hydrogens (primary N) is 1. The first-order chi connectivity index (χ1) is 7.83. The second-order valence-corrected chi connectivity index (χ2v) is 6.01. The van der Waals surface area contributed by atoms with E-state index in [0.717, 1.165) is 19.0 Å². The van der Waals surface area contributed by atoms with E-state index >= 15 is 0 Å². The molecular weight excluding hydrogens is 218 g/mol. The lowest BCUT2D eigenvalue weighted by Gasteiger charge is -2.30. The summed E-state index contributed by atoms with van der Waals surface area (Å²) in [5, 5.41) is 0. The van der Waals surface area contributed by atoms with Crippen molar-refractivity contribution in [3.05, 3.63) is 16.1 Å². The number of likely N-dealkylation sites (tertiary alicyclic amines) is 1. The maximum atomic E-state index is 6.01. The zero-order valence-corrected chi connectivity index (χ0v) is 10.4. The quantitative estimate of drug-likeness (QED) is 0.873. The zero-order valence-electron chi connectivity index (χ0n) is 9.56. The fourth-order valence-corrected chi connectivity index (χ4v) is 3.42. The standard InChI is InChI=1S/C12H19N3S/c13-10-2-1-5-15(6-10)7-11-12(9-3-4-9)14-8-16-11/h8-10H,1-7,13H2. The molecule has 2 aliphatic rings. The smallest absolute Gasteiger partial charge is 0.0798 e. The molecule has 1 aromatic heterocycles. The number of aromatic nitrogens is 1. The average Bonchev–Trinajstić information content (AvgIpc) is 3.00. The molecule has 1 atom stereocenters. The summed E-state index contributed by atoms with van der Waals surface area (Å²) in [5.41, 5.74) is 9.40. The van der Waals surface area contributed by atoms with E-state index in [1.54, 1.807) is 0 Å². The maximum Gasteiger partial charge on any atom is 0.0798 e. The SMILES string of the molecule is NC1CCCN(Cc2scnc2C2CC2)C1. The van der Waals surface area contributed by atoms with Crippen LogP contribution in [0.2, 0.25) is 0 Å². The van der Waals surface area contributed by atoms with Crippen LogP contribution >= 0.6 is 11.3 Å². The average molecular weight is 237 g/mol. The second-order valence-electron chi connectivity index (χ2n) is 5.07. The van der Waals surface area contributed by atoms with E-state index in [9.17, 15) is 0 Å². The molecule has 88 valence electrons. The van der Waals surface area contributed by atoms with Crippen molar-refractivity contribution in [2.24, 2.45) is 5.73 Å². The largest absolute Gasteiger partial charge is 0.327 e. The summed E-state index contributed by atoms with van der Waals surface area (Å²) >= 11 is 1.82. The van der Waals surface area contributed by atoms with Crippen LogP contribution in [-0.2, 0) is 6.54 Å². The lowest BCUT2D eigenvalue weighted by molar-refractivity contribution is 0.202. The molecule has 1 saturated carbocycles. The van der Waals surface area contributed by atoms with Gasteiger partial charge < -0.3 is 5.73 Å². The van der Waals surface area contributed by atoms with Gasteiger partial charge in [0.15, 0.2) is 0 Å². The topological polar surface area (TPSA) is 42.1 Å². The third-order valence-electron chi connectivity index (χ3n) is 3.55. The highest BCUT2D eigenvalue weighted by atomic mass is 32.1. The molecule has 0 spiro atoms. The molecule has 2 heterocycles. The molecule has 0 amide bonds. The lowest BCUT2D eigenvalue weighted by Crippen LogP contribution is -2.42. The van der Waals surface area contributed by atoms with Gasteiger partial charge in [-0.2, -0.15) is 0 Å². The van der Waals surface area contributed by atoms with Crippen LogP contribution in [-0.4, -0.2) is 29.0 Å². The van der Waals surface area contributed by atoms with Crippen molar-refractivity contribution >= 4 is 11.3 Å². The predicted molar refractivity (Wildman–Crippen MR) is 66.6 cm³/mol. The third kappa shape index (κ3) is 2.29. The van der Waals surface area contributed by atoms with E-state index in [1.165, 1.54) is 42.8 Å². The Hall–Kier alpha value is -0.450. The second kappa shape index (κ2) is 4.43. The molecule has 3 nitrogen and oxygen atoms in total. The van der Waals surface area contributed by atoms with Crippen LogP contribution < -0.4 is 5.73 Å². The molecule has 0 radical (unpaired) electrons. The van der Waals surface area contributed by atoms with E-state index in [0.29, 0.717) is 6.04 Å². The molecule has 1 unspecified atom stereocenters. The first-order valence-electron chi connectivity index (χ1n) is 6.23. The van der Waals surface area contributed by atoms with Gasteiger partial charge in [-0.25, -0.2) is 4.98 Å². The van der Waals surface area contributed by atoms with Gasteiger partial charge in [0.05, 0.1) is 11.2 Å². The van der Waals surface area contributed by atoms with Crippen LogP contribution in [0, 0.1) is 0 Å². The Bertz CT molecular complexity index is 359. The summed E-state index contributed by atoms with van der Waals surface area (Å²) in [5.74, 6) is 0.778. The summed E-state index contributed by atoms with van der Waals surface area (Å²) in [4.78, 5) is 8.50. The van der Waals surface area contributed by atoms with Gasteiger partial charge in [-0.15, -0.1) is 11.3 Å². The Kier molecular flexibility index (Phi) is 2.96. The number of rotatable bonds is 3. The maximum absolute atomic E-state index is 6.01. The summed E-state index contributed by atoms with van der Waals surface area (Å²) in [6.45, 7) is 3.34. The van der Waals surface area contributed by atoms with Crippen LogP contribution in [0.15, 0.2) is 5.51 Å². The molecule has 3 rings (SSSR count). The van der Waals surface area contributed by atoms with Crippen molar-refractivity contribution in [1.29, 1.82) is 0 Å². The van der Waals surface area contributed by atoms with Gasteiger partial charge >= 0.3 is 0 Å². The van der Waals surface area contributed by atoms with Crippen LogP contribution in [0.4, 0.5) is 0 Å². The van der Waals surface area contributed by atoms with Gasteiger partial charge in [-0.1, -0.05) is 0 Å². The molecule has 0 bridgehead atoms. The van der Waals surface area contributed by atoms with Crippen LogP contribution in [0.25, 0.3) is 0 Å². The van der Waals surface area contributed by atoms with Crippen molar-refractivity contribution in [1.82, 2.24) is 9.88 Å². The number of thiazole rings is 1. The Morgan fingerprint density at radius 2 is 2.31 bits per heavy atom. The van der Waals surface area contributed by atoms with E-state index < -0.39 is 0 Å². The summed E-state index contributed by atoms with van der Waals surface area (Å²) in [6.07, 6.45) is 5.12. The van der Waals surface area contributed by atoms with Crippen molar-refractivity contribution in [3.8, 4) is 0 Å². The molecule has 1 aliphatic heterocycles. The number of hydrogen-bond donors (Lipinski definition) is 1. The fraction of sp³-hybridized carbons (Fsp3) is 0.750. The Balaban J connectivity index is 1.66. The minimum absolute atomic E-state index is 0.381. The number of piperidine rings is 1. The lowest BCUT2D eigenvalue weighted by atomic mass is 10.1. The first-order valence-corrected chi connectivity index (χ1v) is 7.11. The van der Waals surface area contributed by atoms with Crippen molar-refractivity contribution in [3.63, 3.8) is 0 Å². The molecule has 1 aliphatic carbocycles. The minimum Gasteiger partial charge on any atom is -0.327 e. The predicted octanol–water partition coefficient (Wildman–Crippen LogP) is 1.94. The van der Waals surface area contributed by atoms with Gasteiger partial charge in [-0.05, 0) is 32.2 Å². The molecule has 2 N–H and O–H groups in total. The Labute approximate surface area is 101 Å².